The van der Waals surface area contributed by atoms with Gasteiger partial charge >= 0.3 is 0 Å². The quantitative estimate of drug-likeness (QED) is 0.687. The first-order valence-electron chi connectivity index (χ1n) is 6.03. The molecule has 0 N–H and O–H groups in total. The monoisotopic (exact) mass is 282 g/mol. The first-order chi connectivity index (χ1) is 9.69. The van der Waals surface area contributed by atoms with Crippen LogP contribution < -0.4 is 0 Å². The zero-order chi connectivity index (χ0) is 14.1. The number of nitriles is 1. The number of para-hydroxylation sites is 1. The van der Waals surface area contributed by atoms with Crippen molar-refractivity contribution in [1.82, 2.24) is 4.98 Å². The number of hydrogen-bond donors (Lipinski definition) is 0. The molecule has 0 spiro atoms. The van der Waals surface area contributed by atoms with Gasteiger partial charge in [0.05, 0.1) is 6.07 Å². The van der Waals surface area contributed by atoms with E-state index < -0.39 is 5.92 Å². The fourth-order valence-electron chi connectivity index (χ4n) is 1.98. The Labute approximate surface area is 119 Å². The number of carbonyl (C=O) groups excluding carboxylic acids is 1. The van der Waals surface area contributed by atoms with Gasteiger partial charge in [-0.3, -0.25) is 4.79 Å². The number of nitrogens with zero attached hydrogens (tertiary/aromatic N) is 2. The summed E-state index contributed by atoms with van der Waals surface area (Å²) >= 11 is 1.32. The van der Waals surface area contributed by atoms with Crippen LogP contribution in [0.15, 0.2) is 40.1 Å². The predicted octanol–water partition coefficient (Wildman–Crippen LogP) is 3.69. The summed E-state index contributed by atoms with van der Waals surface area (Å²) in [4.78, 5) is 16.6. The Morgan fingerprint density at radius 3 is 2.90 bits per heavy atom. The van der Waals surface area contributed by atoms with Crippen LogP contribution in [0.3, 0.4) is 0 Å². The highest BCUT2D eigenvalue weighted by Gasteiger charge is 2.27. The van der Waals surface area contributed by atoms with Crippen LogP contribution in [0.5, 0.6) is 0 Å². The van der Waals surface area contributed by atoms with Crippen molar-refractivity contribution >= 4 is 28.1 Å². The molecule has 2 aromatic heterocycles. The molecule has 4 nitrogen and oxygen atoms in total. The van der Waals surface area contributed by atoms with Gasteiger partial charge in [0.25, 0.3) is 0 Å². The van der Waals surface area contributed by atoms with Crippen molar-refractivity contribution in [2.75, 3.05) is 0 Å². The van der Waals surface area contributed by atoms with E-state index in [1.807, 2.05) is 36.6 Å². The van der Waals surface area contributed by atoms with Gasteiger partial charge in [-0.15, -0.1) is 11.3 Å². The SMILES string of the molecule is Cc1csc([C@H](C#N)C(=O)c2cc3ccccc3o2)n1. The highest BCUT2D eigenvalue weighted by atomic mass is 32.1. The minimum atomic E-state index is -0.908. The lowest BCUT2D eigenvalue weighted by Gasteiger charge is -2.01. The van der Waals surface area contributed by atoms with E-state index in [2.05, 4.69) is 4.98 Å². The number of aryl methyl sites for hydroxylation is 1. The standard InChI is InChI=1S/C15H10N2O2S/c1-9-8-20-15(17-9)11(7-16)14(18)13-6-10-4-2-3-5-12(10)19-13/h2-6,8,11H,1H3/t11-/m1/s1. The second-order valence-corrected chi connectivity index (χ2v) is 5.29. The number of ketones is 1. The van der Waals surface area contributed by atoms with Crippen molar-refractivity contribution in [1.29, 1.82) is 5.26 Å². The van der Waals surface area contributed by atoms with Crippen LogP contribution >= 0.6 is 11.3 Å². The Kier molecular flexibility index (Phi) is 3.09. The molecular weight excluding hydrogens is 272 g/mol. The van der Waals surface area contributed by atoms with Crippen LogP contribution in [0.2, 0.25) is 0 Å². The van der Waals surface area contributed by atoms with Crippen LogP contribution in [-0.4, -0.2) is 10.8 Å². The highest BCUT2D eigenvalue weighted by Crippen LogP contribution is 2.27. The number of rotatable bonds is 3. The third-order valence-corrected chi connectivity index (χ3v) is 3.97. The topological polar surface area (TPSA) is 66.9 Å². The number of aromatic nitrogens is 1. The average Bonchev–Trinajstić information content (AvgIpc) is 3.05. The first kappa shape index (κ1) is 12.6. The van der Waals surface area contributed by atoms with Gasteiger partial charge in [-0.1, -0.05) is 18.2 Å². The lowest BCUT2D eigenvalue weighted by Crippen LogP contribution is -2.10. The molecule has 0 saturated carbocycles. The van der Waals surface area contributed by atoms with E-state index in [4.69, 9.17) is 4.42 Å². The molecule has 1 aromatic carbocycles. The number of hydrogen-bond acceptors (Lipinski definition) is 5. The number of thiazole rings is 1. The molecule has 0 aliphatic heterocycles. The molecule has 98 valence electrons. The minimum Gasteiger partial charge on any atom is -0.453 e. The molecule has 1 atom stereocenters. The molecule has 0 bridgehead atoms. The molecule has 0 aliphatic rings. The van der Waals surface area contributed by atoms with Crippen LogP contribution in [0.25, 0.3) is 11.0 Å². The summed E-state index contributed by atoms with van der Waals surface area (Å²) in [6, 6.07) is 11.1. The second-order valence-electron chi connectivity index (χ2n) is 4.40. The van der Waals surface area contributed by atoms with Crippen molar-refractivity contribution in [3.8, 4) is 6.07 Å². The maximum Gasteiger partial charge on any atom is 0.222 e. The fourth-order valence-corrected chi connectivity index (χ4v) is 2.81. The molecule has 0 saturated heterocycles. The molecule has 0 fully saturated rings. The smallest absolute Gasteiger partial charge is 0.222 e. The van der Waals surface area contributed by atoms with E-state index in [9.17, 15) is 10.1 Å². The lowest BCUT2D eigenvalue weighted by atomic mass is 10.0. The van der Waals surface area contributed by atoms with Gasteiger partial charge < -0.3 is 4.42 Å². The first-order valence-corrected chi connectivity index (χ1v) is 6.91. The Bertz CT molecular complexity index is 793. The normalized spacial score (nSPS) is 12.2. The third kappa shape index (κ3) is 2.10. The van der Waals surface area contributed by atoms with Gasteiger partial charge in [-0.25, -0.2) is 4.98 Å². The van der Waals surface area contributed by atoms with Gasteiger partial charge in [-0.2, -0.15) is 5.26 Å². The Balaban J connectivity index is 2.00. The van der Waals surface area contributed by atoms with Crippen molar-refractivity contribution in [3.63, 3.8) is 0 Å². The summed E-state index contributed by atoms with van der Waals surface area (Å²) in [5, 5.41) is 12.4. The van der Waals surface area contributed by atoms with Gasteiger partial charge in [0.1, 0.15) is 10.6 Å². The van der Waals surface area contributed by atoms with Gasteiger partial charge in [0, 0.05) is 16.5 Å². The third-order valence-electron chi connectivity index (χ3n) is 2.94. The molecular formula is C15H10N2O2S. The average molecular weight is 282 g/mol. The largest absolute Gasteiger partial charge is 0.453 e. The number of furan rings is 1. The van der Waals surface area contributed by atoms with Gasteiger partial charge in [0.2, 0.25) is 5.78 Å². The number of Topliss-reactive ketones (excluding diaryl/α,β-unsaturated/α-hetero) is 1. The van der Waals surface area contributed by atoms with Crippen molar-refractivity contribution in [2.45, 2.75) is 12.8 Å². The summed E-state index contributed by atoms with van der Waals surface area (Å²) in [6.45, 7) is 1.83. The van der Waals surface area contributed by atoms with E-state index in [1.54, 1.807) is 12.1 Å². The molecule has 0 radical (unpaired) electrons. The van der Waals surface area contributed by atoms with Crippen LogP contribution in [0.4, 0.5) is 0 Å². The molecule has 20 heavy (non-hydrogen) atoms. The van der Waals surface area contributed by atoms with E-state index >= 15 is 0 Å². The van der Waals surface area contributed by atoms with Crippen molar-refractivity contribution < 1.29 is 9.21 Å². The van der Waals surface area contributed by atoms with Crippen LogP contribution in [-0.2, 0) is 0 Å². The molecule has 0 unspecified atom stereocenters. The zero-order valence-electron chi connectivity index (χ0n) is 10.7. The molecule has 3 aromatic rings. The fraction of sp³-hybridized carbons (Fsp3) is 0.133. The number of carbonyl (C=O) groups is 1. The van der Waals surface area contributed by atoms with Gasteiger partial charge in [-0.05, 0) is 19.1 Å². The maximum absolute atomic E-state index is 12.4. The van der Waals surface area contributed by atoms with Crippen LogP contribution in [0, 0.1) is 18.3 Å². The summed E-state index contributed by atoms with van der Waals surface area (Å²) in [5.41, 5.74) is 1.45. The highest BCUT2D eigenvalue weighted by molar-refractivity contribution is 7.10. The molecule has 0 aliphatic carbocycles. The molecule has 0 amide bonds. The summed E-state index contributed by atoms with van der Waals surface area (Å²) in [5.74, 6) is -1.06. The number of fused-ring (bicyclic) bond motifs is 1. The summed E-state index contributed by atoms with van der Waals surface area (Å²) in [6.07, 6.45) is 0. The molecule has 2 heterocycles. The Hall–Kier alpha value is -2.45. The van der Waals surface area contributed by atoms with Gasteiger partial charge in [0.15, 0.2) is 11.7 Å². The number of benzene rings is 1. The van der Waals surface area contributed by atoms with Crippen molar-refractivity contribution in [2.24, 2.45) is 0 Å². The molecule has 3 rings (SSSR count). The predicted molar refractivity (Wildman–Crippen MR) is 75.7 cm³/mol. The van der Waals surface area contributed by atoms with E-state index in [-0.39, 0.29) is 11.5 Å². The van der Waals surface area contributed by atoms with Crippen molar-refractivity contribution in [3.05, 3.63) is 52.2 Å². The second kappa shape index (κ2) is 4.91. The van der Waals surface area contributed by atoms with E-state index in [0.29, 0.717) is 10.6 Å². The maximum atomic E-state index is 12.4. The summed E-state index contributed by atoms with van der Waals surface area (Å²) in [7, 11) is 0. The Morgan fingerprint density at radius 1 is 1.45 bits per heavy atom. The lowest BCUT2D eigenvalue weighted by molar-refractivity contribution is 0.0954. The van der Waals surface area contributed by atoms with E-state index in [0.717, 1.165) is 11.1 Å². The van der Waals surface area contributed by atoms with E-state index in [1.165, 1.54) is 11.3 Å². The van der Waals surface area contributed by atoms with Crippen LogP contribution in [0.1, 0.15) is 27.2 Å². The Morgan fingerprint density at radius 2 is 2.25 bits per heavy atom. The summed E-state index contributed by atoms with van der Waals surface area (Å²) < 4.78 is 5.52. The minimum absolute atomic E-state index is 0.200. The molecule has 5 heteroatoms. The zero-order valence-corrected chi connectivity index (χ0v) is 11.5.